The zero-order valence-electron chi connectivity index (χ0n) is 21.8. The summed E-state index contributed by atoms with van der Waals surface area (Å²) in [6.45, 7) is 9.68. The summed E-state index contributed by atoms with van der Waals surface area (Å²) in [5.74, 6) is -2.65. The van der Waals surface area contributed by atoms with E-state index in [1.54, 1.807) is 46.8 Å². The number of ether oxygens (including phenoxy) is 1. The Labute approximate surface area is 212 Å². The van der Waals surface area contributed by atoms with Gasteiger partial charge in [0.15, 0.2) is 0 Å². The van der Waals surface area contributed by atoms with Crippen LogP contribution in [0, 0.1) is 18.3 Å². The Hall–Kier alpha value is -3.81. The fraction of sp³-hybridized carbons (Fsp3) is 0.560. The van der Waals surface area contributed by atoms with Crippen molar-refractivity contribution in [2.75, 3.05) is 6.54 Å². The minimum absolute atomic E-state index is 0.0925. The SMILES string of the molecule is CCCC(C)NC(=O)C(c1cccc(C)c1O)N(CC#N)C(=O)C(CC(N)=O)NC(=O)OC(C)(C)C. The van der Waals surface area contributed by atoms with Gasteiger partial charge in [0.1, 0.15) is 30.0 Å². The summed E-state index contributed by atoms with van der Waals surface area (Å²) in [7, 11) is 0. The summed E-state index contributed by atoms with van der Waals surface area (Å²) < 4.78 is 5.19. The molecule has 0 aromatic heterocycles. The number of nitriles is 1. The molecule has 0 heterocycles. The Morgan fingerprint density at radius 2 is 1.86 bits per heavy atom. The smallest absolute Gasteiger partial charge is 0.408 e. The molecule has 4 amide bonds. The van der Waals surface area contributed by atoms with Crippen molar-refractivity contribution in [2.45, 2.75) is 84.5 Å². The summed E-state index contributed by atoms with van der Waals surface area (Å²) in [4.78, 5) is 52.1. The number of phenolic OH excluding ortho intramolecular Hbond substituents is 1. The first-order chi connectivity index (χ1) is 16.7. The van der Waals surface area contributed by atoms with Crippen molar-refractivity contribution in [3.05, 3.63) is 29.3 Å². The summed E-state index contributed by atoms with van der Waals surface area (Å²) >= 11 is 0. The number of aryl methyl sites for hydroxylation is 1. The number of carbonyl (C=O) groups excluding carboxylic acids is 4. The first-order valence-corrected chi connectivity index (χ1v) is 11.8. The molecule has 0 aliphatic rings. The van der Waals surface area contributed by atoms with E-state index in [1.165, 1.54) is 6.07 Å². The van der Waals surface area contributed by atoms with Gasteiger partial charge in [-0.1, -0.05) is 31.5 Å². The Bertz CT molecular complexity index is 998. The van der Waals surface area contributed by atoms with E-state index in [2.05, 4.69) is 10.6 Å². The fourth-order valence-electron chi connectivity index (χ4n) is 3.60. The topological polar surface area (TPSA) is 175 Å². The monoisotopic (exact) mass is 503 g/mol. The molecular weight excluding hydrogens is 466 g/mol. The predicted molar refractivity (Wildman–Crippen MR) is 132 cm³/mol. The van der Waals surface area contributed by atoms with Crippen LogP contribution in [0.2, 0.25) is 0 Å². The van der Waals surface area contributed by atoms with E-state index in [-0.39, 0.29) is 17.4 Å². The Morgan fingerprint density at radius 3 is 2.39 bits per heavy atom. The molecule has 11 heteroatoms. The molecule has 0 saturated carbocycles. The molecule has 0 bridgehead atoms. The number of nitrogens with zero attached hydrogens (tertiary/aromatic N) is 2. The number of amides is 4. The number of benzene rings is 1. The fourth-order valence-corrected chi connectivity index (χ4v) is 3.60. The lowest BCUT2D eigenvalue weighted by Crippen LogP contribution is -2.54. The number of rotatable bonds is 11. The summed E-state index contributed by atoms with van der Waals surface area (Å²) in [6.07, 6.45) is -0.117. The zero-order chi connectivity index (χ0) is 27.6. The highest BCUT2D eigenvalue weighted by Gasteiger charge is 2.38. The van der Waals surface area contributed by atoms with Crippen LogP contribution in [0.4, 0.5) is 4.79 Å². The molecule has 0 fully saturated rings. The van der Waals surface area contributed by atoms with Crippen molar-refractivity contribution in [2.24, 2.45) is 5.73 Å². The first kappa shape index (κ1) is 30.2. The van der Waals surface area contributed by atoms with E-state index >= 15 is 0 Å². The van der Waals surface area contributed by atoms with Gasteiger partial charge in [-0.2, -0.15) is 5.26 Å². The van der Waals surface area contributed by atoms with E-state index in [9.17, 15) is 29.5 Å². The third-order valence-corrected chi connectivity index (χ3v) is 5.15. The van der Waals surface area contributed by atoms with Crippen LogP contribution in [-0.4, -0.2) is 58.1 Å². The molecule has 198 valence electrons. The van der Waals surface area contributed by atoms with E-state index in [0.29, 0.717) is 12.0 Å². The third kappa shape index (κ3) is 9.09. The second kappa shape index (κ2) is 13.3. The summed E-state index contributed by atoms with van der Waals surface area (Å²) in [5, 5.41) is 25.4. The molecule has 11 nitrogen and oxygen atoms in total. The van der Waals surface area contributed by atoms with Crippen LogP contribution in [0.25, 0.3) is 0 Å². The molecule has 1 rings (SSSR count). The van der Waals surface area contributed by atoms with E-state index in [0.717, 1.165) is 11.3 Å². The van der Waals surface area contributed by atoms with Gasteiger partial charge in [-0.25, -0.2) is 4.79 Å². The highest BCUT2D eigenvalue weighted by atomic mass is 16.6. The van der Waals surface area contributed by atoms with E-state index < -0.39 is 54.5 Å². The lowest BCUT2D eigenvalue weighted by molar-refractivity contribution is -0.142. The minimum atomic E-state index is -1.51. The van der Waals surface area contributed by atoms with Crippen LogP contribution >= 0.6 is 0 Å². The number of nitrogens with one attached hydrogen (secondary N) is 2. The molecule has 0 radical (unpaired) electrons. The maximum Gasteiger partial charge on any atom is 0.408 e. The highest BCUT2D eigenvalue weighted by molar-refractivity contribution is 5.95. The van der Waals surface area contributed by atoms with Gasteiger partial charge in [-0.3, -0.25) is 14.4 Å². The predicted octanol–water partition coefficient (Wildman–Crippen LogP) is 2.17. The van der Waals surface area contributed by atoms with Crippen LogP contribution < -0.4 is 16.4 Å². The molecule has 36 heavy (non-hydrogen) atoms. The highest BCUT2D eigenvalue weighted by Crippen LogP contribution is 2.32. The van der Waals surface area contributed by atoms with Crippen molar-refractivity contribution in [3.63, 3.8) is 0 Å². The second-order valence-corrected chi connectivity index (χ2v) is 9.61. The maximum atomic E-state index is 13.6. The number of hydrogen-bond donors (Lipinski definition) is 4. The molecule has 3 unspecified atom stereocenters. The second-order valence-electron chi connectivity index (χ2n) is 9.61. The molecular formula is C25H37N5O6. The number of nitrogens with two attached hydrogens (primary N) is 1. The number of aromatic hydroxyl groups is 1. The van der Waals surface area contributed by atoms with Crippen molar-refractivity contribution in [3.8, 4) is 11.8 Å². The lowest BCUT2D eigenvalue weighted by atomic mass is 9.98. The molecule has 0 spiro atoms. The van der Waals surface area contributed by atoms with Gasteiger partial charge in [0.05, 0.1) is 12.5 Å². The lowest BCUT2D eigenvalue weighted by Gasteiger charge is -2.33. The van der Waals surface area contributed by atoms with E-state index in [4.69, 9.17) is 10.5 Å². The van der Waals surface area contributed by atoms with Gasteiger partial charge in [0, 0.05) is 11.6 Å². The van der Waals surface area contributed by atoms with Crippen molar-refractivity contribution >= 4 is 23.8 Å². The molecule has 0 saturated heterocycles. The van der Waals surface area contributed by atoms with Crippen molar-refractivity contribution in [1.29, 1.82) is 5.26 Å². The molecule has 5 N–H and O–H groups in total. The number of primary amides is 1. The van der Waals surface area contributed by atoms with Gasteiger partial charge in [0.25, 0.3) is 0 Å². The van der Waals surface area contributed by atoms with Crippen LogP contribution in [0.15, 0.2) is 18.2 Å². The summed E-state index contributed by atoms with van der Waals surface area (Å²) in [5.41, 5.74) is 4.97. The first-order valence-electron chi connectivity index (χ1n) is 11.8. The molecule has 0 aliphatic heterocycles. The molecule has 1 aromatic carbocycles. The van der Waals surface area contributed by atoms with Gasteiger partial charge in [-0.05, 0) is 46.6 Å². The van der Waals surface area contributed by atoms with Crippen molar-refractivity contribution < 1.29 is 29.0 Å². The standard InChI is InChI=1S/C25H37N5O6/c1-7-9-16(3)28-22(33)20(17-11-8-10-15(2)21(17)32)30(13-12-26)23(34)18(14-19(27)31)29-24(35)36-25(4,5)6/h8,10-11,16,18,20,32H,7,9,13-14H2,1-6H3,(H2,27,31)(H,28,33)(H,29,35). The van der Waals surface area contributed by atoms with Crippen LogP contribution in [0.1, 0.15) is 71.0 Å². The van der Waals surface area contributed by atoms with Crippen LogP contribution in [0.3, 0.4) is 0 Å². The van der Waals surface area contributed by atoms with Crippen LogP contribution in [0.5, 0.6) is 5.75 Å². The normalized spacial score (nSPS) is 13.5. The Balaban J connectivity index is 3.54. The molecule has 1 aromatic rings. The minimum Gasteiger partial charge on any atom is -0.507 e. The van der Waals surface area contributed by atoms with Crippen LogP contribution in [-0.2, 0) is 19.1 Å². The van der Waals surface area contributed by atoms with E-state index in [1.807, 2.05) is 13.0 Å². The van der Waals surface area contributed by atoms with Gasteiger partial charge < -0.3 is 31.1 Å². The van der Waals surface area contributed by atoms with Gasteiger partial charge >= 0.3 is 6.09 Å². The number of phenols is 1. The third-order valence-electron chi connectivity index (χ3n) is 5.15. The Kier molecular flexibility index (Phi) is 11.2. The summed E-state index contributed by atoms with van der Waals surface area (Å²) in [6, 6.07) is 3.37. The zero-order valence-corrected chi connectivity index (χ0v) is 21.8. The maximum absolute atomic E-state index is 13.6. The Morgan fingerprint density at radius 1 is 1.22 bits per heavy atom. The van der Waals surface area contributed by atoms with Crippen molar-refractivity contribution in [1.82, 2.24) is 15.5 Å². The molecule has 3 atom stereocenters. The average Bonchev–Trinajstić information content (AvgIpc) is 2.73. The number of para-hydroxylation sites is 1. The molecule has 0 aliphatic carbocycles. The average molecular weight is 504 g/mol. The number of hydrogen-bond acceptors (Lipinski definition) is 7. The van der Waals surface area contributed by atoms with Gasteiger partial charge in [-0.15, -0.1) is 0 Å². The number of carbonyl (C=O) groups is 4. The quantitative estimate of drug-likeness (QED) is 0.335. The van der Waals surface area contributed by atoms with Gasteiger partial charge in [0.2, 0.25) is 17.7 Å². The largest absolute Gasteiger partial charge is 0.507 e. The number of alkyl carbamates (subject to hydrolysis) is 1.